The molecule has 4 rings (SSSR count). The third-order valence-corrected chi connectivity index (χ3v) is 6.66. The lowest BCUT2D eigenvalue weighted by atomic mass is 9.91. The number of hydrogen-bond acceptors (Lipinski definition) is 5. The van der Waals surface area contributed by atoms with Crippen LogP contribution in [0.15, 0.2) is 12.4 Å². The lowest BCUT2D eigenvalue weighted by molar-refractivity contribution is -0.00176. The van der Waals surface area contributed by atoms with Gasteiger partial charge < -0.3 is 19.5 Å². The second-order valence-electron chi connectivity index (χ2n) is 8.56. The lowest BCUT2D eigenvalue weighted by Gasteiger charge is -2.37. The van der Waals surface area contributed by atoms with Crippen molar-refractivity contribution in [1.82, 2.24) is 24.7 Å². The van der Waals surface area contributed by atoms with E-state index in [1.807, 2.05) is 11.1 Å². The summed E-state index contributed by atoms with van der Waals surface area (Å²) in [5.41, 5.74) is -0.278. The second-order valence-corrected chi connectivity index (χ2v) is 8.56. The summed E-state index contributed by atoms with van der Waals surface area (Å²) in [6, 6.07) is 0.691. The Hall–Kier alpha value is -1.60. The van der Waals surface area contributed by atoms with E-state index in [-0.39, 0.29) is 11.7 Å². The maximum Gasteiger partial charge on any atom is 0.410 e. The van der Waals surface area contributed by atoms with E-state index in [1.165, 1.54) is 32.1 Å². The number of rotatable bonds is 6. The van der Waals surface area contributed by atoms with Gasteiger partial charge in [-0.3, -0.25) is 4.90 Å². The Kier molecular flexibility index (Phi) is 5.68. The molecule has 0 atom stereocenters. The van der Waals surface area contributed by atoms with Crippen molar-refractivity contribution in [1.29, 1.82) is 0 Å². The Bertz CT molecular complexity index is 606. The SMILES string of the molecule is CN(CCN1CC2(CCN(Cc3ncc[nH]3)CC2)OC1=O)C1CCCCC1. The van der Waals surface area contributed by atoms with Crippen LogP contribution in [-0.2, 0) is 11.3 Å². The van der Waals surface area contributed by atoms with Crippen molar-refractivity contribution in [3.8, 4) is 0 Å². The number of ether oxygens (including phenoxy) is 1. The topological polar surface area (TPSA) is 64.7 Å². The molecule has 27 heavy (non-hydrogen) atoms. The second kappa shape index (κ2) is 8.19. The quantitative estimate of drug-likeness (QED) is 0.827. The first-order valence-electron chi connectivity index (χ1n) is 10.5. The van der Waals surface area contributed by atoms with Crippen LogP contribution in [0.4, 0.5) is 4.79 Å². The Morgan fingerprint density at radius 3 is 2.78 bits per heavy atom. The van der Waals surface area contributed by atoms with Gasteiger partial charge in [0.05, 0.1) is 13.1 Å². The maximum atomic E-state index is 12.4. The summed E-state index contributed by atoms with van der Waals surface area (Å²) in [6.45, 7) is 5.21. The first kappa shape index (κ1) is 18.7. The molecule has 0 aromatic carbocycles. The number of likely N-dealkylation sites (tertiary alicyclic amines) is 1. The molecule has 1 aliphatic carbocycles. The average Bonchev–Trinajstić information content (AvgIpc) is 3.30. The highest BCUT2D eigenvalue weighted by Gasteiger charge is 2.46. The standard InChI is InChI=1S/C20H33N5O2/c1-23(17-5-3-2-4-6-17)13-14-25-16-20(27-19(25)26)7-11-24(12-8-20)15-18-21-9-10-22-18/h9-10,17H,2-8,11-16H2,1H3,(H,21,22). The molecule has 2 aliphatic heterocycles. The molecule has 7 nitrogen and oxygen atoms in total. The smallest absolute Gasteiger partial charge is 0.410 e. The van der Waals surface area contributed by atoms with Crippen LogP contribution in [0.2, 0.25) is 0 Å². The van der Waals surface area contributed by atoms with Gasteiger partial charge in [-0.15, -0.1) is 0 Å². The highest BCUT2D eigenvalue weighted by Crippen LogP contribution is 2.33. The van der Waals surface area contributed by atoms with Gasteiger partial charge in [0, 0.05) is 57.5 Å². The first-order chi connectivity index (χ1) is 13.1. The van der Waals surface area contributed by atoms with Crippen LogP contribution in [0.25, 0.3) is 0 Å². The Morgan fingerprint density at radius 2 is 2.07 bits per heavy atom. The first-order valence-corrected chi connectivity index (χ1v) is 10.5. The molecule has 1 spiro atoms. The van der Waals surface area contributed by atoms with Crippen molar-refractivity contribution < 1.29 is 9.53 Å². The summed E-state index contributed by atoms with van der Waals surface area (Å²) in [5.74, 6) is 1.00. The van der Waals surface area contributed by atoms with E-state index >= 15 is 0 Å². The van der Waals surface area contributed by atoms with Crippen molar-refractivity contribution in [2.24, 2.45) is 0 Å². The Morgan fingerprint density at radius 1 is 1.30 bits per heavy atom. The summed E-state index contributed by atoms with van der Waals surface area (Å²) in [5, 5.41) is 0. The number of carbonyl (C=O) groups excluding carboxylic acids is 1. The molecule has 0 unspecified atom stereocenters. The molecule has 1 N–H and O–H groups in total. The molecule has 2 saturated heterocycles. The van der Waals surface area contributed by atoms with Crippen LogP contribution in [0, 0.1) is 0 Å². The minimum absolute atomic E-state index is 0.119. The van der Waals surface area contributed by atoms with Gasteiger partial charge in [-0.2, -0.15) is 0 Å². The van der Waals surface area contributed by atoms with Gasteiger partial charge >= 0.3 is 6.09 Å². The molecule has 1 aromatic rings. The van der Waals surface area contributed by atoms with Crippen LogP contribution in [0.1, 0.15) is 50.8 Å². The fourth-order valence-electron chi connectivity index (χ4n) is 4.82. The van der Waals surface area contributed by atoms with E-state index < -0.39 is 0 Å². The minimum atomic E-state index is -0.278. The number of likely N-dealkylation sites (N-methyl/N-ethyl adjacent to an activating group) is 1. The van der Waals surface area contributed by atoms with E-state index in [0.717, 1.165) is 57.9 Å². The van der Waals surface area contributed by atoms with Crippen LogP contribution in [0.5, 0.6) is 0 Å². The third-order valence-electron chi connectivity index (χ3n) is 6.66. The van der Waals surface area contributed by atoms with Crippen molar-refractivity contribution >= 4 is 6.09 Å². The largest absolute Gasteiger partial charge is 0.441 e. The van der Waals surface area contributed by atoms with E-state index in [2.05, 4.69) is 26.8 Å². The van der Waals surface area contributed by atoms with Gasteiger partial charge in [0.2, 0.25) is 0 Å². The van der Waals surface area contributed by atoms with E-state index in [4.69, 9.17) is 4.74 Å². The monoisotopic (exact) mass is 375 g/mol. The molecule has 1 amide bonds. The number of carbonyl (C=O) groups is 1. The van der Waals surface area contributed by atoms with Crippen molar-refractivity contribution in [2.45, 2.75) is 63.1 Å². The highest BCUT2D eigenvalue weighted by atomic mass is 16.6. The molecule has 7 heteroatoms. The molecular weight excluding hydrogens is 342 g/mol. The zero-order valence-corrected chi connectivity index (χ0v) is 16.5. The number of aromatic amines is 1. The number of H-pyrrole nitrogens is 1. The van der Waals surface area contributed by atoms with Gasteiger partial charge in [0.15, 0.2) is 0 Å². The summed E-state index contributed by atoms with van der Waals surface area (Å²) in [7, 11) is 2.21. The molecule has 0 bridgehead atoms. The molecule has 3 heterocycles. The number of nitrogens with zero attached hydrogens (tertiary/aromatic N) is 4. The van der Waals surface area contributed by atoms with Gasteiger partial charge in [0.1, 0.15) is 11.4 Å². The van der Waals surface area contributed by atoms with Gasteiger partial charge in [0.25, 0.3) is 0 Å². The molecule has 3 fully saturated rings. The molecule has 1 saturated carbocycles. The zero-order valence-electron chi connectivity index (χ0n) is 16.5. The lowest BCUT2D eigenvalue weighted by Crippen LogP contribution is -2.47. The van der Waals surface area contributed by atoms with E-state index in [0.29, 0.717) is 6.04 Å². The summed E-state index contributed by atoms with van der Waals surface area (Å²) >= 11 is 0. The summed E-state index contributed by atoms with van der Waals surface area (Å²) in [6.07, 6.45) is 12.0. The molecular formula is C20H33N5O2. The van der Waals surface area contributed by atoms with Crippen molar-refractivity contribution in [3.63, 3.8) is 0 Å². The molecule has 150 valence electrons. The van der Waals surface area contributed by atoms with Crippen molar-refractivity contribution in [3.05, 3.63) is 18.2 Å². The van der Waals surface area contributed by atoms with Crippen LogP contribution >= 0.6 is 0 Å². The summed E-state index contributed by atoms with van der Waals surface area (Å²) in [4.78, 5) is 26.7. The van der Waals surface area contributed by atoms with Crippen LogP contribution in [-0.4, -0.2) is 82.2 Å². The zero-order chi connectivity index (χ0) is 18.7. The number of nitrogens with one attached hydrogen (secondary N) is 1. The van der Waals surface area contributed by atoms with Crippen molar-refractivity contribution in [2.75, 3.05) is 39.8 Å². The fourth-order valence-corrected chi connectivity index (χ4v) is 4.82. The van der Waals surface area contributed by atoms with Gasteiger partial charge in [-0.05, 0) is 19.9 Å². The predicted molar refractivity (Wildman–Crippen MR) is 103 cm³/mol. The highest BCUT2D eigenvalue weighted by molar-refractivity contribution is 5.70. The molecule has 3 aliphatic rings. The summed E-state index contributed by atoms with van der Waals surface area (Å²) < 4.78 is 5.88. The van der Waals surface area contributed by atoms with Crippen LogP contribution < -0.4 is 0 Å². The number of amides is 1. The number of hydrogen-bond donors (Lipinski definition) is 1. The van der Waals surface area contributed by atoms with E-state index in [9.17, 15) is 4.79 Å². The number of imidazole rings is 1. The van der Waals surface area contributed by atoms with Gasteiger partial charge in [-0.1, -0.05) is 19.3 Å². The number of piperidine rings is 1. The third kappa shape index (κ3) is 4.46. The Labute approximate surface area is 162 Å². The van der Waals surface area contributed by atoms with E-state index in [1.54, 1.807) is 6.20 Å². The van der Waals surface area contributed by atoms with Gasteiger partial charge in [-0.25, -0.2) is 9.78 Å². The normalized spacial score (nSPS) is 24.1. The Balaban J connectivity index is 1.24. The maximum absolute atomic E-state index is 12.4. The molecule has 1 aromatic heterocycles. The average molecular weight is 376 g/mol. The van der Waals surface area contributed by atoms with Crippen LogP contribution in [0.3, 0.4) is 0 Å². The number of aromatic nitrogens is 2. The molecule has 0 radical (unpaired) electrons. The minimum Gasteiger partial charge on any atom is -0.441 e. The predicted octanol–water partition coefficient (Wildman–Crippen LogP) is 2.46. The fraction of sp³-hybridized carbons (Fsp3) is 0.800.